The summed E-state index contributed by atoms with van der Waals surface area (Å²) in [5.41, 5.74) is 2.01. The monoisotopic (exact) mass is 422 g/mol. The molecule has 1 aliphatic carbocycles. The summed E-state index contributed by atoms with van der Waals surface area (Å²) in [5.74, 6) is 0.957. The summed E-state index contributed by atoms with van der Waals surface area (Å²) in [6.07, 6.45) is 4.24. The number of carbonyl (C=O) groups is 2. The first-order valence-electron chi connectivity index (χ1n) is 10.0. The van der Waals surface area contributed by atoms with E-state index >= 15 is 0 Å². The number of nitrogens with zero attached hydrogens (tertiary/aromatic N) is 2. The van der Waals surface area contributed by atoms with E-state index in [1.54, 1.807) is 20.3 Å². The van der Waals surface area contributed by atoms with Crippen LogP contribution in [0.1, 0.15) is 42.6 Å². The zero-order chi connectivity index (χ0) is 20.3. The SMILES string of the molecule is CCC(CC)N1CCN(C(=O)C=C2Cc3cc(OC)c(OC)cc3C2=O)CC1.Cl. The van der Waals surface area contributed by atoms with Crippen molar-refractivity contribution < 1.29 is 19.1 Å². The number of carbonyl (C=O) groups excluding carboxylic acids is 2. The maximum atomic E-state index is 12.8. The highest BCUT2D eigenvalue weighted by atomic mass is 35.5. The summed E-state index contributed by atoms with van der Waals surface area (Å²) >= 11 is 0. The lowest BCUT2D eigenvalue weighted by Gasteiger charge is -2.38. The van der Waals surface area contributed by atoms with Gasteiger partial charge in [-0.25, -0.2) is 0 Å². The molecule has 1 aromatic carbocycles. The van der Waals surface area contributed by atoms with Crippen LogP contribution in [0.5, 0.6) is 11.5 Å². The number of amides is 1. The van der Waals surface area contributed by atoms with Gasteiger partial charge in [-0.2, -0.15) is 0 Å². The van der Waals surface area contributed by atoms with Crippen LogP contribution >= 0.6 is 12.4 Å². The molecule has 1 amide bonds. The predicted molar refractivity (Wildman–Crippen MR) is 115 cm³/mol. The van der Waals surface area contributed by atoms with Crippen LogP contribution in [0.15, 0.2) is 23.8 Å². The highest BCUT2D eigenvalue weighted by molar-refractivity contribution is 6.16. The second kappa shape index (κ2) is 10.1. The van der Waals surface area contributed by atoms with Gasteiger partial charge in [0.05, 0.1) is 14.2 Å². The minimum atomic E-state index is -0.0973. The fourth-order valence-corrected chi connectivity index (χ4v) is 4.21. The van der Waals surface area contributed by atoms with Gasteiger partial charge in [-0.15, -0.1) is 12.4 Å². The van der Waals surface area contributed by atoms with Crippen LogP contribution in [0.3, 0.4) is 0 Å². The van der Waals surface area contributed by atoms with E-state index in [9.17, 15) is 9.59 Å². The Balaban J connectivity index is 0.00000300. The van der Waals surface area contributed by atoms with Crippen molar-refractivity contribution in [1.29, 1.82) is 0 Å². The summed E-state index contributed by atoms with van der Waals surface area (Å²) in [7, 11) is 3.12. The Morgan fingerprint density at radius 3 is 2.21 bits per heavy atom. The van der Waals surface area contributed by atoms with E-state index < -0.39 is 0 Å². The average molecular weight is 423 g/mol. The molecule has 6 nitrogen and oxygen atoms in total. The molecule has 0 unspecified atom stereocenters. The van der Waals surface area contributed by atoms with Crippen LogP contribution in [-0.4, -0.2) is 67.9 Å². The highest BCUT2D eigenvalue weighted by Crippen LogP contribution is 2.36. The Morgan fingerprint density at radius 2 is 1.66 bits per heavy atom. The number of Topliss-reactive ketones (excluding diaryl/α,β-unsaturated/α-hetero) is 1. The van der Waals surface area contributed by atoms with Crippen molar-refractivity contribution in [2.24, 2.45) is 0 Å². The summed E-state index contributed by atoms with van der Waals surface area (Å²) in [6.45, 7) is 7.63. The molecule has 0 radical (unpaired) electrons. The fraction of sp³-hybridized carbons (Fsp3) is 0.545. The summed E-state index contributed by atoms with van der Waals surface area (Å²) in [6, 6.07) is 4.12. The summed E-state index contributed by atoms with van der Waals surface area (Å²) in [5, 5.41) is 0. The number of methoxy groups -OCH3 is 2. The Hall–Kier alpha value is -2.05. The molecule has 0 saturated carbocycles. The molecule has 0 bridgehead atoms. The number of ketones is 1. The van der Waals surface area contributed by atoms with Gasteiger partial charge in [0.1, 0.15) is 0 Å². The second-order valence-electron chi connectivity index (χ2n) is 7.37. The van der Waals surface area contributed by atoms with Crippen LogP contribution in [0, 0.1) is 0 Å². The van der Waals surface area contributed by atoms with E-state index in [4.69, 9.17) is 9.47 Å². The van der Waals surface area contributed by atoms with Crippen molar-refractivity contribution >= 4 is 24.1 Å². The number of hydrogen-bond donors (Lipinski definition) is 0. The molecular formula is C22H31ClN2O4. The lowest BCUT2D eigenvalue weighted by atomic mass is 10.1. The Labute approximate surface area is 179 Å². The fourth-order valence-electron chi connectivity index (χ4n) is 4.21. The number of halogens is 1. The van der Waals surface area contributed by atoms with E-state index in [0.29, 0.717) is 48.2 Å². The van der Waals surface area contributed by atoms with Gasteiger partial charge in [-0.1, -0.05) is 13.8 Å². The van der Waals surface area contributed by atoms with Gasteiger partial charge >= 0.3 is 0 Å². The summed E-state index contributed by atoms with van der Waals surface area (Å²) in [4.78, 5) is 29.8. The number of ether oxygens (including phenoxy) is 2. The molecule has 0 atom stereocenters. The second-order valence-corrected chi connectivity index (χ2v) is 7.37. The third-order valence-corrected chi connectivity index (χ3v) is 5.91. The Kier molecular flexibility index (Phi) is 8.11. The molecule has 7 heteroatoms. The summed E-state index contributed by atoms with van der Waals surface area (Å²) < 4.78 is 10.6. The molecule has 1 aromatic rings. The number of fused-ring (bicyclic) bond motifs is 1. The van der Waals surface area contributed by atoms with Gasteiger partial charge in [0.15, 0.2) is 17.3 Å². The third kappa shape index (κ3) is 4.75. The van der Waals surface area contributed by atoms with Gasteiger partial charge in [-0.05, 0) is 30.5 Å². The van der Waals surface area contributed by atoms with Crippen LogP contribution in [0.25, 0.3) is 0 Å². The van der Waals surface area contributed by atoms with Crippen molar-refractivity contribution in [2.45, 2.75) is 39.2 Å². The first-order chi connectivity index (χ1) is 13.5. The molecule has 3 rings (SSSR count). The lowest BCUT2D eigenvalue weighted by Crippen LogP contribution is -2.51. The molecule has 2 aliphatic rings. The highest BCUT2D eigenvalue weighted by Gasteiger charge is 2.29. The van der Waals surface area contributed by atoms with Crippen LogP contribution in [-0.2, 0) is 11.2 Å². The zero-order valence-electron chi connectivity index (χ0n) is 17.7. The normalized spacial score (nSPS) is 18.0. The minimum absolute atomic E-state index is 0. The molecular weight excluding hydrogens is 392 g/mol. The molecule has 0 aromatic heterocycles. The van der Waals surface area contributed by atoms with Crippen molar-refractivity contribution in [3.05, 3.63) is 34.9 Å². The van der Waals surface area contributed by atoms with E-state index in [1.165, 1.54) is 6.08 Å². The molecule has 1 saturated heterocycles. The topological polar surface area (TPSA) is 59.1 Å². The predicted octanol–water partition coefficient (Wildman–Crippen LogP) is 3.12. The van der Waals surface area contributed by atoms with Gasteiger partial charge in [0, 0.05) is 55.9 Å². The van der Waals surface area contributed by atoms with Crippen LogP contribution < -0.4 is 9.47 Å². The molecule has 1 aliphatic heterocycles. The quantitative estimate of drug-likeness (QED) is 0.659. The smallest absolute Gasteiger partial charge is 0.247 e. The number of allylic oxidation sites excluding steroid dienone is 1. The molecule has 29 heavy (non-hydrogen) atoms. The molecule has 1 fully saturated rings. The first kappa shape index (κ1) is 23.2. The van der Waals surface area contributed by atoms with Gasteiger partial charge in [0.25, 0.3) is 0 Å². The zero-order valence-corrected chi connectivity index (χ0v) is 18.5. The third-order valence-electron chi connectivity index (χ3n) is 5.91. The first-order valence-corrected chi connectivity index (χ1v) is 10.0. The average Bonchev–Trinajstić information content (AvgIpc) is 3.02. The maximum Gasteiger partial charge on any atom is 0.247 e. The number of piperazine rings is 1. The van der Waals surface area contributed by atoms with E-state index in [1.807, 2.05) is 11.0 Å². The van der Waals surface area contributed by atoms with E-state index in [2.05, 4.69) is 18.7 Å². The van der Waals surface area contributed by atoms with E-state index in [-0.39, 0.29) is 24.1 Å². The van der Waals surface area contributed by atoms with E-state index in [0.717, 1.165) is 31.5 Å². The maximum absolute atomic E-state index is 12.8. The Bertz CT molecular complexity index is 781. The van der Waals surface area contributed by atoms with Crippen LogP contribution in [0.4, 0.5) is 0 Å². The van der Waals surface area contributed by atoms with Gasteiger partial charge < -0.3 is 14.4 Å². The standard InChI is InChI=1S/C22H30N2O4.ClH/c1-5-17(6-2)23-7-9-24(10-8-23)21(25)13-16-11-15-12-19(27-3)20(28-4)14-18(15)22(16)26;/h12-14,17H,5-11H2,1-4H3;1H. The van der Waals surface area contributed by atoms with Crippen molar-refractivity contribution in [3.63, 3.8) is 0 Å². The van der Waals surface area contributed by atoms with Gasteiger partial charge in [0.2, 0.25) is 5.91 Å². The molecule has 160 valence electrons. The lowest BCUT2D eigenvalue weighted by molar-refractivity contribution is -0.128. The molecule has 1 heterocycles. The molecule has 0 spiro atoms. The van der Waals surface area contributed by atoms with Crippen LogP contribution in [0.2, 0.25) is 0 Å². The van der Waals surface area contributed by atoms with Gasteiger partial charge in [-0.3, -0.25) is 14.5 Å². The largest absolute Gasteiger partial charge is 0.493 e. The minimum Gasteiger partial charge on any atom is -0.493 e. The van der Waals surface area contributed by atoms with Crippen molar-refractivity contribution in [2.75, 3.05) is 40.4 Å². The number of benzene rings is 1. The number of rotatable bonds is 6. The Morgan fingerprint density at radius 1 is 1.07 bits per heavy atom. The molecule has 0 N–H and O–H groups in total. The number of hydrogen-bond acceptors (Lipinski definition) is 5. The van der Waals surface area contributed by atoms with Crippen molar-refractivity contribution in [3.8, 4) is 11.5 Å². The van der Waals surface area contributed by atoms with Crippen molar-refractivity contribution in [1.82, 2.24) is 9.80 Å².